The average Bonchev–Trinajstić information content (AvgIpc) is 2.64. The number of unbranched alkanes of at least 4 members (excludes halogenated alkanes) is 9. The summed E-state index contributed by atoms with van der Waals surface area (Å²) < 4.78 is 10.1. The fourth-order valence-electron chi connectivity index (χ4n) is 3.42. The van der Waals surface area contributed by atoms with Gasteiger partial charge in [-0.1, -0.05) is 84.0 Å². The van der Waals surface area contributed by atoms with Crippen LogP contribution in [0.15, 0.2) is 0 Å². The first-order valence-corrected chi connectivity index (χ1v) is 10.6. The van der Waals surface area contributed by atoms with Gasteiger partial charge >= 0.3 is 11.9 Å². The Morgan fingerprint density at radius 1 is 0.720 bits per heavy atom. The van der Waals surface area contributed by atoms with Crippen LogP contribution in [-0.4, -0.2) is 25.2 Å². The van der Waals surface area contributed by atoms with Gasteiger partial charge in [-0.15, -0.1) is 0 Å². The molecule has 1 aliphatic rings. The lowest BCUT2D eigenvalue weighted by molar-refractivity contribution is -0.168. The van der Waals surface area contributed by atoms with Crippen LogP contribution < -0.4 is 0 Å². The second-order valence-electron chi connectivity index (χ2n) is 7.42. The Bertz CT molecular complexity index is 348. The summed E-state index contributed by atoms with van der Waals surface area (Å²) in [5.74, 6) is -1.23. The maximum atomic E-state index is 11.6. The molecule has 0 spiro atoms. The van der Waals surface area contributed by atoms with E-state index in [1.807, 2.05) is 0 Å². The Morgan fingerprint density at radius 2 is 1.24 bits per heavy atom. The van der Waals surface area contributed by atoms with Gasteiger partial charge in [-0.3, -0.25) is 0 Å². The Hall–Kier alpha value is -1.06. The third-order valence-electron chi connectivity index (χ3n) is 5.07. The van der Waals surface area contributed by atoms with Crippen molar-refractivity contribution in [3.8, 4) is 0 Å². The van der Waals surface area contributed by atoms with Crippen molar-refractivity contribution in [1.82, 2.24) is 0 Å². The van der Waals surface area contributed by atoms with E-state index in [4.69, 9.17) is 9.47 Å². The zero-order valence-corrected chi connectivity index (χ0v) is 16.2. The average molecular weight is 355 g/mol. The first-order valence-electron chi connectivity index (χ1n) is 10.6. The fraction of sp³-hybridized carbons (Fsp3) is 0.905. The van der Waals surface area contributed by atoms with Crippen LogP contribution in [0.4, 0.5) is 0 Å². The third kappa shape index (κ3) is 12.0. The molecule has 0 unspecified atom stereocenters. The standard InChI is InChI=1S/C21H38O4/c1-2-3-4-5-6-7-8-9-10-14-17-24-20(22)21(23)25-18-19-15-12-11-13-16-19/h19H,2-18H2,1H3. The quantitative estimate of drug-likeness (QED) is 0.246. The molecule has 0 saturated heterocycles. The van der Waals surface area contributed by atoms with Crippen molar-refractivity contribution in [1.29, 1.82) is 0 Å². The van der Waals surface area contributed by atoms with Gasteiger partial charge in [-0.25, -0.2) is 9.59 Å². The van der Waals surface area contributed by atoms with Gasteiger partial charge in [0.15, 0.2) is 0 Å². The van der Waals surface area contributed by atoms with Crippen molar-refractivity contribution in [3.05, 3.63) is 0 Å². The number of hydrogen-bond donors (Lipinski definition) is 0. The van der Waals surface area contributed by atoms with Crippen molar-refractivity contribution >= 4 is 11.9 Å². The van der Waals surface area contributed by atoms with Gasteiger partial charge < -0.3 is 9.47 Å². The Kier molecular flexibility index (Phi) is 13.4. The Labute approximate surface area is 154 Å². The molecule has 0 radical (unpaired) electrons. The van der Waals surface area contributed by atoms with Gasteiger partial charge in [0.1, 0.15) is 0 Å². The lowest BCUT2D eigenvalue weighted by Gasteiger charge is -2.20. The topological polar surface area (TPSA) is 52.6 Å². The highest BCUT2D eigenvalue weighted by Gasteiger charge is 2.20. The normalized spacial score (nSPS) is 15.1. The lowest BCUT2D eigenvalue weighted by atomic mass is 9.90. The molecule has 4 nitrogen and oxygen atoms in total. The summed E-state index contributed by atoms with van der Waals surface area (Å²) in [6.07, 6.45) is 18.2. The minimum Gasteiger partial charge on any atom is -0.457 e. The van der Waals surface area contributed by atoms with E-state index in [0.29, 0.717) is 19.1 Å². The summed E-state index contributed by atoms with van der Waals surface area (Å²) in [5.41, 5.74) is 0. The second-order valence-corrected chi connectivity index (χ2v) is 7.42. The Morgan fingerprint density at radius 3 is 1.84 bits per heavy atom. The predicted molar refractivity (Wildman–Crippen MR) is 100 cm³/mol. The number of carbonyl (C=O) groups excluding carboxylic acids is 2. The molecule has 1 aliphatic carbocycles. The molecule has 1 fully saturated rings. The highest BCUT2D eigenvalue weighted by atomic mass is 16.6. The van der Waals surface area contributed by atoms with Crippen molar-refractivity contribution in [2.45, 2.75) is 103 Å². The molecule has 1 rings (SSSR count). The zero-order chi connectivity index (χ0) is 18.2. The molecule has 0 aromatic carbocycles. The van der Waals surface area contributed by atoms with Gasteiger partial charge in [-0.2, -0.15) is 0 Å². The summed E-state index contributed by atoms with van der Waals surface area (Å²) in [6.45, 7) is 2.93. The molecule has 146 valence electrons. The van der Waals surface area contributed by atoms with E-state index in [-0.39, 0.29) is 0 Å². The van der Waals surface area contributed by atoms with E-state index in [1.54, 1.807) is 0 Å². The van der Waals surface area contributed by atoms with Crippen molar-refractivity contribution < 1.29 is 19.1 Å². The second kappa shape index (κ2) is 15.2. The molecule has 0 amide bonds. The monoisotopic (exact) mass is 354 g/mol. The molecule has 0 heterocycles. The van der Waals surface area contributed by atoms with Gasteiger partial charge in [0.2, 0.25) is 0 Å². The van der Waals surface area contributed by atoms with Crippen LogP contribution in [0.5, 0.6) is 0 Å². The van der Waals surface area contributed by atoms with Gasteiger partial charge in [-0.05, 0) is 25.2 Å². The molecule has 25 heavy (non-hydrogen) atoms. The maximum Gasteiger partial charge on any atom is 0.417 e. The highest BCUT2D eigenvalue weighted by Crippen LogP contribution is 2.23. The number of ether oxygens (including phenoxy) is 2. The largest absolute Gasteiger partial charge is 0.457 e. The van der Waals surface area contributed by atoms with Crippen LogP contribution in [0.3, 0.4) is 0 Å². The van der Waals surface area contributed by atoms with Crippen molar-refractivity contribution in [2.24, 2.45) is 5.92 Å². The van der Waals surface area contributed by atoms with E-state index >= 15 is 0 Å². The predicted octanol–water partition coefficient (Wildman–Crippen LogP) is 5.57. The molecular formula is C21H38O4. The van der Waals surface area contributed by atoms with Crippen LogP contribution in [0.1, 0.15) is 103 Å². The van der Waals surface area contributed by atoms with E-state index < -0.39 is 11.9 Å². The van der Waals surface area contributed by atoms with Crippen LogP contribution in [0.2, 0.25) is 0 Å². The molecule has 0 N–H and O–H groups in total. The summed E-state index contributed by atoms with van der Waals surface area (Å²) in [4.78, 5) is 23.2. The smallest absolute Gasteiger partial charge is 0.417 e. The first-order chi connectivity index (χ1) is 12.2. The molecular weight excluding hydrogens is 316 g/mol. The molecule has 0 bridgehead atoms. The number of esters is 2. The molecule has 4 heteroatoms. The Balaban J connectivity index is 1.88. The van der Waals surface area contributed by atoms with Crippen molar-refractivity contribution in [3.63, 3.8) is 0 Å². The molecule has 0 aliphatic heterocycles. The lowest BCUT2D eigenvalue weighted by Crippen LogP contribution is -2.24. The van der Waals surface area contributed by atoms with Crippen molar-refractivity contribution in [2.75, 3.05) is 13.2 Å². The molecule has 0 aromatic heterocycles. The number of rotatable bonds is 13. The van der Waals surface area contributed by atoms with E-state index in [0.717, 1.165) is 25.7 Å². The van der Waals surface area contributed by atoms with Gasteiger partial charge in [0.25, 0.3) is 0 Å². The number of carbonyl (C=O) groups is 2. The van der Waals surface area contributed by atoms with Crippen LogP contribution >= 0.6 is 0 Å². The summed E-state index contributed by atoms with van der Waals surface area (Å²) in [6, 6.07) is 0. The van der Waals surface area contributed by atoms with E-state index in [2.05, 4.69) is 6.92 Å². The van der Waals surface area contributed by atoms with E-state index in [9.17, 15) is 9.59 Å². The first kappa shape index (κ1) is 22.0. The summed E-state index contributed by atoms with van der Waals surface area (Å²) in [5, 5.41) is 0. The third-order valence-corrected chi connectivity index (χ3v) is 5.07. The van der Waals surface area contributed by atoms with Crippen LogP contribution in [-0.2, 0) is 19.1 Å². The molecule has 1 saturated carbocycles. The van der Waals surface area contributed by atoms with Gasteiger partial charge in [0.05, 0.1) is 13.2 Å². The van der Waals surface area contributed by atoms with E-state index in [1.165, 1.54) is 70.6 Å². The van der Waals surface area contributed by atoms with Crippen LogP contribution in [0, 0.1) is 5.92 Å². The molecule has 0 atom stereocenters. The highest BCUT2D eigenvalue weighted by molar-refractivity contribution is 6.29. The fourth-order valence-corrected chi connectivity index (χ4v) is 3.42. The maximum absolute atomic E-state index is 11.6. The zero-order valence-electron chi connectivity index (χ0n) is 16.2. The minimum absolute atomic E-state index is 0.327. The number of hydrogen-bond acceptors (Lipinski definition) is 4. The molecule has 0 aromatic rings. The van der Waals surface area contributed by atoms with Gasteiger partial charge in [0, 0.05) is 0 Å². The minimum atomic E-state index is -0.827. The summed E-state index contributed by atoms with van der Waals surface area (Å²) >= 11 is 0. The summed E-state index contributed by atoms with van der Waals surface area (Å²) in [7, 11) is 0. The SMILES string of the molecule is CCCCCCCCCCCCOC(=O)C(=O)OCC1CCCCC1. The van der Waals surface area contributed by atoms with Crippen LogP contribution in [0.25, 0.3) is 0 Å².